The van der Waals surface area contributed by atoms with Crippen molar-refractivity contribution in [1.29, 1.82) is 0 Å². The number of hydrogen-bond acceptors (Lipinski definition) is 2. The summed E-state index contributed by atoms with van der Waals surface area (Å²) in [5.41, 5.74) is 0.434. The van der Waals surface area contributed by atoms with E-state index in [9.17, 15) is 4.79 Å². The predicted octanol–water partition coefficient (Wildman–Crippen LogP) is 2.71. The largest absolute Gasteiger partial charge is 0.355 e. The third-order valence-electron chi connectivity index (χ3n) is 4.08. The maximum atomic E-state index is 11.5. The molecule has 0 unspecified atom stereocenters. The van der Waals surface area contributed by atoms with E-state index in [1.165, 1.54) is 25.7 Å². The molecule has 1 fully saturated rings. The Morgan fingerprint density at radius 1 is 1.17 bits per heavy atom. The van der Waals surface area contributed by atoms with Gasteiger partial charge in [0.2, 0.25) is 5.91 Å². The van der Waals surface area contributed by atoms with Crippen LogP contribution in [0, 0.1) is 11.3 Å². The molecule has 0 bridgehead atoms. The number of rotatable bonds is 5. The lowest BCUT2D eigenvalue weighted by atomic mass is 9.71. The summed E-state index contributed by atoms with van der Waals surface area (Å²) in [7, 11) is 0. The highest BCUT2D eigenvalue weighted by molar-refractivity contribution is 5.77. The van der Waals surface area contributed by atoms with Crippen LogP contribution >= 0.6 is 0 Å². The maximum Gasteiger partial charge on any atom is 0.233 e. The van der Waals surface area contributed by atoms with Crippen LogP contribution < -0.4 is 10.6 Å². The average Bonchev–Trinajstić information content (AvgIpc) is 2.33. The molecule has 0 aliphatic heterocycles. The van der Waals surface area contributed by atoms with Crippen LogP contribution in [0.3, 0.4) is 0 Å². The molecular formula is C15H30N2O. The predicted molar refractivity (Wildman–Crippen MR) is 76.5 cm³/mol. The Morgan fingerprint density at radius 2 is 1.78 bits per heavy atom. The molecule has 0 atom stereocenters. The zero-order chi connectivity index (χ0) is 13.6. The molecular weight excluding hydrogens is 224 g/mol. The Labute approximate surface area is 112 Å². The van der Waals surface area contributed by atoms with Gasteiger partial charge in [0.15, 0.2) is 0 Å². The Morgan fingerprint density at radius 3 is 2.28 bits per heavy atom. The molecule has 0 aromatic rings. The Bertz CT molecular complexity index is 250. The van der Waals surface area contributed by atoms with Crippen molar-refractivity contribution in [2.75, 3.05) is 13.1 Å². The van der Waals surface area contributed by atoms with Crippen LogP contribution in [0.25, 0.3) is 0 Å². The molecule has 2 N–H and O–H groups in total. The second kappa shape index (κ2) is 7.13. The van der Waals surface area contributed by atoms with E-state index in [4.69, 9.17) is 0 Å². The average molecular weight is 254 g/mol. The minimum absolute atomic E-state index is 0.134. The zero-order valence-corrected chi connectivity index (χ0v) is 12.5. The second-order valence-electron chi connectivity index (χ2n) is 6.65. The molecule has 3 heteroatoms. The maximum absolute atomic E-state index is 11.5. The van der Waals surface area contributed by atoms with Crippen LogP contribution in [-0.4, -0.2) is 25.0 Å². The van der Waals surface area contributed by atoms with Crippen molar-refractivity contribution in [1.82, 2.24) is 10.6 Å². The van der Waals surface area contributed by atoms with Gasteiger partial charge in [0, 0.05) is 12.6 Å². The number of carbonyl (C=O) groups is 1. The molecule has 1 rings (SSSR count). The molecule has 0 heterocycles. The standard InChI is InChI=1S/C15H30N2O/c1-5-10-16-14(18)11-17-13-8-6-12(7-9-13)15(2,3)4/h12-13,17H,5-11H2,1-4H3,(H,16,18). The molecule has 106 valence electrons. The van der Waals surface area contributed by atoms with Crippen LogP contribution in [0.2, 0.25) is 0 Å². The van der Waals surface area contributed by atoms with Gasteiger partial charge in [-0.15, -0.1) is 0 Å². The summed E-state index contributed by atoms with van der Waals surface area (Å²) in [5, 5.41) is 6.29. The first-order valence-corrected chi connectivity index (χ1v) is 7.43. The molecule has 1 aliphatic rings. The fourth-order valence-electron chi connectivity index (χ4n) is 2.73. The van der Waals surface area contributed by atoms with Crippen molar-refractivity contribution < 1.29 is 4.79 Å². The van der Waals surface area contributed by atoms with E-state index in [1.54, 1.807) is 0 Å². The van der Waals surface area contributed by atoms with Crippen LogP contribution in [0.5, 0.6) is 0 Å². The van der Waals surface area contributed by atoms with E-state index in [1.807, 2.05) is 0 Å². The molecule has 3 nitrogen and oxygen atoms in total. The van der Waals surface area contributed by atoms with Gasteiger partial charge in [0.1, 0.15) is 0 Å². The van der Waals surface area contributed by atoms with E-state index < -0.39 is 0 Å². The lowest BCUT2D eigenvalue weighted by Gasteiger charge is -2.37. The topological polar surface area (TPSA) is 41.1 Å². The molecule has 0 spiro atoms. The van der Waals surface area contributed by atoms with E-state index in [0.717, 1.165) is 18.9 Å². The Balaban J connectivity index is 2.18. The van der Waals surface area contributed by atoms with E-state index >= 15 is 0 Å². The number of amides is 1. The first kappa shape index (κ1) is 15.5. The fourth-order valence-corrected chi connectivity index (χ4v) is 2.73. The SMILES string of the molecule is CCCNC(=O)CNC1CCC(C(C)(C)C)CC1. The molecule has 1 saturated carbocycles. The highest BCUT2D eigenvalue weighted by Gasteiger charge is 2.29. The lowest BCUT2D eigenvalue weighted by Crippen LogP contribution is -2.42. The van der Waals surface area contributed by atoms with Gasteiger partial charge in [-0.1, -0.05) is 27.7 Å². The van der Waals surface area contributed by atoms with E-state index in [-0.39, 0.29) is 5.91 Å². The molecule has 18 heavy (non-hydrogen) atoms. The van der Waals surface area contributed by atoms with Crippen molar-refractivity contribution in [2.45, 2.75) is 65.8 Å². The van der Waals surface area contributed by atoms with Gasteiger partial charge < -0.3 is 10.6 Å². The first-order chi connectivity index (χ1) is 8.43. The summed E-state index contributed by atoms with van der Waals surface area (Å²) >= 11 is 0. The van der Waals surface area contributed by atoms with Crippen LogP contribution in [-0.2, 0) is 4.79 Å². The summed E-state index contributed by atoms with van der Waals surface area (Å²) in [6, 6.07) is 0.538. The Kier molecular flexibility index (Phi) is 6.13. The molecule has 0 aromatic carbocycles. The summed E-state index contributed by atoms with van der Waals surface area (Å²) in [4.78, 5) is 11.5. The highest BCUT2D eigenvalue weighted by Crippen LogP contribution is 2.37. The minimum Gasteiger partial charge on any atom is -0.355 e. The fraction of sp³-hybridized carbons (Fsp3) is 0.933. The summed E-state index contributed by atoms with van der Waals surface area (Å²) in [6.07, 6.45) is 6.00. The zero-order valence-electron chi connectivity index (χ0n) is 12.5. The molecule has 0 radical (unpaired) electrons. The minimum atomic E-state index is 0.134. The lowest BCUT2D eigenvalue weighted by molar-refractivity contribution is -0.120. The van der Waals surface area contributed by atoms with Crippen molar-refractivity contribution in [3.8, 4) is 0 Å². The van der Waals surface area contributed by atoms with E-state index in [2.05, 4.69) is 38.3 Å². The quantitative estimate of drug-likeness (QED) is 0.792. The van der Waals surface area contributed by atoms with Gasteiger partial charge in [-0.3, -0.25) is 4.79 Å². The molecule has 0 saturated heterocycles. The van der Waals surface area contributed by atoms with E-state index in [0.29, 0.717) is 18.0 Å². The van der Waals surface area contributed by atoms with Crippen LogP contribution in [0.15, 0.2) is 0 Å². The first-order valence-electron chi connectivity index (χ1n) is 7.43. The number of hydrogen-bond donors (Lipinski definition) is 2. The summed E-state index contributed by atoms with van der Waals surface area (Å²) in [6.45, 7) is 10.3. The molecule has 0 aromatic heterocycles. The van der Waals surface area contributed by atoms with Crippen LogP contribution in [0.1, 0.15) is 59.8 Å². The van der Waals surface area contributed by atoms with Gasteiger partial charge in [0.05, 0.1) is 6.54 Å². The van der Waals surface area contributed by atoms with Gasteiger partial charge in [-0.25, -0.2) is 0 Å². The van der Waals surface area contributed by atoms with Crippen molar-refractivity contribution in [2.24, 2.45) is 11.3 Å². The van der Waals surface area contributed by atoms with Crippen molar-refractivity contribution in [3.05, 3.63) is 0 Å². The molecule has 1 aliphatic carbocycles. The number of nitrogens with one attached hydrogen (secondary N) is 2. The van der Waals surface area contributed by atoms with Crippen molar-refractivity contribution in [3.63, 3.8) is 0 Å². The smallest absolute Gasteiger partial charge is 0.233 e. The molecule has 1 amide bonds. The van der Waals surface area contributed by atoms with Crippen molar-refractivity contribution >= 4 is 5.91 Å². The number of carbonyl (C=O) groups excluding carboxylic acids is 1. The third kappa shape index (κ3) is 5.38. The normalized spacial score (nSPS) is 24.9. The summed E-state index contributed by atoms with van der Waals surface area (Å²) in [5.74, 6) is 0.972. The highest BCUT2D eigenvalue weighted by atomic mass is 16.1. The van der Waals surface area contributed by atoms with Crippen LogP contribution in [0.4, 0.5) is 0 Å². The second-order valence-corrected chi connectivity index (χ2v) is 6.65. The third-order valence-corrected chi connectivity index (χ3v) is 4.08. The Hall–Kier alpha value is -0.570. The van der Waals surface area contributed by atoms with Gasteiger partial charge in [0.25, 0.3) is 0 Å². The van der Waals surface area contributed by atoms with Gasteiger partial charge in [-0.05, 0) is 43.4 Å². The summed E-state index contributed by atoms with van der Waals surface area (Å²) < 4.78 is 0. The monoisotopic (exact) mass is 254 g/mol. The van der Waals surface area contributed by atoms with Gasteiger partial charge in [-0.2, -0.15) is 0 Å². The van der Waals surface area contributed by atoms with Gasteiger partial charge >= 0.3 is 0 Å².